The molecular formula is C32H44BrClN2O2S. The maximum Gasteiger partial charge on any atom is 0.255 e. The average molecular weight is 636 g/mol. The molecule has 7 heteroatoms. The molecule has 1 amide bonds. The van der Waals surface area contributed by atoms with E-state index in [9.17, 15) is 4.79 Å². The van der Waals surface area contributed by atoms with Crippen molar-refractivity contribution in [1.29, 1.82) is 0 Å². The van der Waals surface area contributed by atoms with E-state index in [0.29, 0.717) is 28.6 Å². The van der Waals surface area contributed by atoms with Gasteiger partial charge >= 0.3 is 0 Å². The van der Waals surface area contributed by atoms with Gasteiger partial charge in [0.15, 0.2) is 12.2 Å². The van der Waals surface area contributed by atoms with Crippen LogP contribution in [0.3, 0.4) is 0 Å². The Morgan fingerprint density at radius 3 is 2.10 bits per heavy atom. The molecule has 214 valence electrons. The number of thiazole rings is 1. The molecule has 3 rings (SSSR count). The van der Waals surface area contributed by atoms with Crippen LogP contribution >= 0.6 is 22.9 Å². The van der Waals surface area contributed by atoms with Crippen molar-refractivity contribution in [1.82, 2.24) is 0 Å². The number of nitrogens with zero attached hydrogens (tertiary/aromatic N) is 1. The Balaban J connectivity index is 0.00000533. The molecule has 39 heavy (non-hydrogen) atoms. The quantitative estimate of drug-likeness (QED) is 0.130. The van der Waals surface area contributed by atoms with E-state index in [0.717, 1.165) is 24.9 Å². The molecule has 0 aliphatic carbocycles. The number of benzene rings is 2. The number of ether oxygens (including phenoxy) is 1. The molecule has 1 N–H and O–H groups in total. The average Bonchev–Trinajstić information content (AvgIpc) is 3.32. The van der Waals surface area contributed by atoms with Crippen LogP contribution in [0.15, 0.2) is 53.4 Å². The first-order valence-electron chi connectivity index (χ1n) is 14.3. The summed E-state index contributed by atoms with van der Waals surface area (Å²) in [5.41, 5.74) is 5.76. The maximum atomic E-state index is 12.9. The highest BCUT2D eigenvalue weighted by molar-refractivity contribution is 7.07. The molecule has 1 aromatic heterocycles. The molecule has 1 heterocycles. The lowest BCUT2D eigenvalue weighted by molar-refractivity contribution is -0.689. The molecule has 0 radical (unpaired) electrons. The van der Waals surface area contributed by atoms with Crippen LogP contribution in [0.2, 0.25) is 5.02 Å². The second-order valence-corrected chi connectivity index (χ2v) is 11.3. The molecule has 0 unspecified atom stereocenters. The first-order chi connectivity index (χ1) is 18.6. The number of amides is 1. The first-order valence-corrected chi connectivity index (χ1v) is 15.6. The van der Waals surface area contributed by atoms with E-state index in [2.05, 4.69) is 34.6 Å². The molecule has 0 aliphatic heterocycles. The lowest BCUT2D eigenvalue weighted by Crippen LogP contribution is -3.00. The molecule has 0 bridgehead atoms. The summed E-state index contributed by atoms with van der Waals surface area (Å²) < 4.78 is 8.24. The fourth-order valence-corrected chi connectivity index (χ4v) is 5.45. The van der Waals surface area contributed by atoms with E-state index in [1.807, 2.05) is 30.3 Å². The Kier molecular flexibility index (Phi) is 16.4. The van der Waals surface area contributed by atoms with Crippen LogP contribution < -0.4 is 31.6 Å². The lowest BCUT2D eigenvalue weighted by Gasteiger charge is -2.13. The smallest absolute Gasteiger partial charge is 0.255 e. The van der Waals surface area contributed by atoms with Gasteiger partial charge in [-0.05, 0) is 30.7 Å². The summed E-state index contributed by atoms with van der Waals surface area (Å²) in [5.74, 6) is 0.461. The van der Waals surface area contributed by atoms with Gasteiger partial charge in [0.1, 0.15) is 5.75 Å². The summed E-state index contributed by atoms with van der Waals surface area (Å²) in [4.78, 5) is 12.9. The highest BCUT2D eigenvalue weighted by Crippen LogP contribution is 2.29. The summed E-state index contributed by atoms with van der Waals surface area (Å²) in [6.07, 6.45) is 15.7. The van der Waals surface area contributed by atoms with Crippen molar-refractivity contribution in [2.75, 3.05) is 11.9 Å². The third-order valence-electron chi connectivity index (χ3n) is 6.90. The zero-order valence-electron chi connectivity index (χ0n) is 23.5. The summed E-state index contributed by atoms with van der Waals surface area (Å²) in [6.45, 7) is 5.79. The van der Waals surface area contributed by atoms with Gasteiger partial charge in [-0.2, -0.15) is 4.57 Å². The zero-order chi connectivity index (χ0) is 27.0. The van der Waals surface area contributed by atoms with Crippen LogP contribution in [0, 0.1) is 6.92 Å². The molecule has 0 spiro atoms. The van der Waals surface area contributed by atoms with Gasteiger partial charge in [0.05, 0.1) is 17.7 Å². The molecule has 4 nitrogen and oxygen atoms in total. The fraction of sp³-hybridized carbons (Fsp3) is 0.500. The van der Waals surface area contributed by atoms with Gasteiger partial charge in [-0.3, -0.25) is 4.79 Å². The van der Waals surface area contributed by atoms with Crippen molar-refractivity contribution < 1.29 is 31.1 Å². The van der Waals surface area contributed by atoms with E-state index in [1.165, 1.54) is 69.9 Å². The number of hydrogen-bond donors (Lipinski definition) is 1. The van der Waals surface area contributed by atoms with Crippen molar-refractivity contribution in [3.63, 3.8) is 0 Å². The van der Waals surface area contributed by atoms with Gasteiger partial charge < -0.3 is 27.0 Å². The Morgan fingerprint density at radius 2 is 1.51 bits per heavy atom. The number of unbranched alkanes of at least 4 members (excludes halogenated alkanes) is 11. The summed E-state index contributed by atoms with van der Waals surface area (Å²) in [5, 5.41) is 5.72. The number of nitrogens with one attached hydrogen (secondary N) is 1. The summed E-state index contributed by atoms with van der Waals surface area (Å²) >= 11 is 7.91. The van der Waals surface area contributed by atoms with Crippen LogP contribution in [-0.2, 0) is 6.54 Å². The van der Waals surface area contributed by atoms with Crippen LogP contribution in [0.4, 0.5) is 5.69 Å². The number of halogens is 2. The van der Waals surface area contributed by atoms with E-state index >= 15 is 0 Å². The van der Waals surface area contributed by atoms with E-state index in [-0.39, 0.29) is 22.9 Å². The standard InChI is InChI=1S/C32H43ClN2O2S.BrH/c1-3-4-5-6-7-8-9-10-11-12-13-14-21-37-31-22-29(33)19-20-30(31)34-32(36)28-17-15-27(16-18-28)23-35-25-38-24-26(35)2;/h15-20,22,24-25H,3-14,21,23H2,1-2H3;1H. The lowest BCUT2D eigenvalue weighted by atomic mass is 10.1. The third kappa shape index (κ3) is 12.4. The fourth-order valence-electron chi connectivity index (χ4n) is 4.51. The minimum absolute atomic E-state index is 0. The SMILES string of the molecule is CCCCCCCCCCCCCCOc1cc(Cl)ccc1NC(=O)c1ccc(C[n+]2cscc2C)cc1.[Br-]. The Labute approximate surface area is 254 Å². The van der Waals surface area contributed by atoms with E-state index in [4.69, 9.17) is 16.3 Å². The number of anilines is 1. The molecule has 0 fully saturated rings. The van der Waals surface area contributed by atoms with Gasteiger partial charge in [0.2, 0.25) is 5.51 Å². The molecule has 3 aromatic rings. The Morgan fingerprint density at radius 1 is 0.897 bits per heavy atom. The van der Waals surface area contributed by atoms with Crippen LogP contribution in [0.5, 0.6) is 5.75 Å². The number of rotatable bonds is 18. The maximum absolute atomic E-state index is 12.9. The highest BCUT2D eigenvalue weighted by atomic mass is 79.9. The Hall–Kier alpha value is -1.89. The van der Waals surface area contributed by atoms with Gasteiger partial charge in [-0.25, -0.2) is 0 Å². The molecule has 0 atom stereocenters. The minimum atomic E-state index is -0.159. The largest absolute Gasteiger partial charge is 1.00 e. The van der Waals surface area contributed by atoms with Crippen molar-refractivity contribution in [2.45, 2.75) is 97.4 Å². The van der Waals surface area contributed by atoms with Gasteiger partial charge in [-0.15, -0.1) is 0 Å². The molecule has 0 saturated heterocycles. The zero-order valence-corrected chi connectivity index (χ0v) is 26.7. The van der Waals surface area contributed by atoms with Crippen molar-refractivity contribution in [3.8, 4) is 5.75 Å². The highest BCUT2D eigenvalue weighted by Gasteiger charge is 2.13. The second-order valence-electron chi connectivity index (χ2n) is 10.2. The van der Waals surface area contributed by atoms with Crippen LogP contribution in [0.1, 0.15) is 106 Å². The number of aryl methyl sites for hydroxylation is 1. The minimum Gasteiger partial charge on any atom is -1.00 e. The van der Waals surface area contributed by atoms with Crippen LogP contribution in [-0.4, -0.2) is 12.5 Å². The Bertz CT molecular complexity index is 1100. The van der Waals surface area contributed by atoms with E-state index < -0.39 is 0 Å². The summed E-state index contributed by atoms with van der Waals surface area (Å²) in [7, 11) is 0. The molecular weight excluding hydrogens is 592 g/mol. The normalized spacial score (nSPS) is 10.7. The topological polar surface area (TPSA) is 42.2 Å². The van der Waals surface area contributed by atoms with Gasteiger partial charge in [0.25, 0.3) is 5.91 Å². The molecule has 0 aliphatic rings. The predicted molar refractivity (Wildman–Crippen MR) is 161 cm³/mol. The number of hydrogen-bond acceptors (Lipinski definition) is 3. The third-order valence-corrected chi connectivity index (χ3v) is 7.98. The number of carbonyl (C=O) groups is 1. The number of carbonyl (C=O) groups excluding carboxylic acids is 1. The second kappa shape index (κ2) is 19.2. The van der Waals surface area contributed by atoms with Crippen molar-refractivity contribution >= 4 is 34.5 Å². The molecule has 2 aromatic carbocycles. The predicted octanol–water partition coefficient (Wildman–Crippen LogP) is 6.38. The van der Waals surface area contributed by atoms with Crippen LogP contribution in [0.25, 0.3) is 0 Å². The van der Waals surface area contributed by atoms with Crippen molar-refractivity contribution in [2.24, 2.45) is 0 Å². The van der Waals surface area contributed by atoms with E-state index in [1.54, 1.807) is 23.5 Å². The molecule has 0 saturated carbocycles. The van der Waals surface area contributed by atoms with Gasteiger partial charge in [-0.1, -0.05) is 113 Å². The number of aromatic nitrogens is 1. The van der Waals surface area contributed by atoms with Gasteiger partial charge in [0, 0.05) is 29.1 Å². The summed E-state index contributed by atoms with van der Waals surface area (Å²) in [6, 6.07) is 13.1. The first kappa shape index (κ1) is 33.3. The monoisotopic (exact) mass is 634 g/mol. The van der Waals surface area contributed by atoms with Crippen molar-refractivity contribution in [3.05, 3.63) is 75.2 Å².